The van der Waals surface area contributed by atoms with E-state index >= 15 is 0 Å². The highest BCUT2D eigenvalue weighted by molar-refractivity contribution is 7.92. The zero-order valence-electron chi connectivity index (χ0n) is 18.3. The van der Waals surface area contributed by atoms with Crippen LogP contribution in [0.15, 0.2) is 65.6 Å². The number of aryl methyl sites for hydroxylation is 2. The topological polar surface area (TPSA) is 84.5 Å². The van der Waals surface area contributed by atoms with Gasteiger partial charge in [-0.05, 0) is 79.9 Å². The highest BCUT2D eigenvalue weighted by Gasteiger charge is 2.21. The van der Waals surface area contributed by atoms with Gasteiger partial charge in [-0.2, -0.15) is 0 Å². The Morgan fingerprint density at radius 2 is 1.66 bits per heavy atom. The maximum atomic E-state index is 13.0. The lowest BCUT2D eigenvalue weighted by Gasteiger charge is -2.16. The van der Waals surface area contributed by atoms with Crippen LogP contribution in [0.25, 0.3) is 0 Å². The van der Waals surface area contributed by atoms with Crippen molar-refractivity contribution in [1.82, 2.24) is 5.32 Å². The molecule has 0 saturated heterocycles. The van der Waals surface area contributed by atoms with Gasteiger partial charge in [-0.3, -0.25) is 9.52 Å². The first-order valence-electron chi connectivity index (χ1n) is 9.95. The minimum absolute atomic E-state index is 0.0288. The summed E-state index contributed by atoms with van der Waals surface area (Å²) in [5, 5.41) is 2.90. The summed E-state index contributed by atoms with van der Waals surface area (Å²) < 4.78 is 33.6. The maximum absolute atomic E-state index is 13.0. The van der Waals surface area contributed by atoms with E-state index in [0.29, 0.717) is 5.69 Å². The second-order valence-electron chi connectivity index (χ2n) is 7.52. The molecule has 0 aliphatic carbocycles. The van der Waals surface area contributed by atoms with E-state index in [9.17, 15) is 13.2 Å². The molecule has 3 rings (SSSR count). The summed E-state index contributed by atoms with van der Waals surface area (Å²) >= 11 is 6.18. The molecule has 8 heteroatoms. The molecule has 0 aliphatic heterocycles. The van der Waals surface area contributed by atoms with Crippen LogP contribution in [-0.2, 0) is 10.0 Å². The Kier molecular flexibility index (Phi) is 7.11. The molecule has 0 aliphatic rings. The molecule has 0 fully saturated rings. The number of methoxy groups -OCH3 is 1. The molecule has 0 saturated carbocycles. The molecule has 1 amide bonds. The van der Waals surface area contributed by atoms with Crippen LogP contribution in [0.1, 0.15) is 40.0 Å². The van der Waals surface area contributed by atoms with Crippen molar-refractivity contribution in [3.05, 3.63) is 87.9 Å². The quantitative estimate of drug-likeness (QED) is 0.491. The Labute approximate surface area is 193 Å². The Bertz CT molecular complexity index is 1240. The second kappa shape index (κ2) is 9.63. The minimum atomic E-state index is -3.99. The summed E-state index contributed by atoms with van der Waals surface area (Å²) in [5.41, 5.74) is 3.51. The third-order valence-electron chi connectivity index (χ3n) is 5.21. The Balaban J connectivity index is 1.81. The number of halogens is 1. The molecule has 32 heavy (non-hydrogen) atoms. The molecule has 2 N–H and O–H groups in total. The van der Waals surface area contributed by atoms with Gasteiger partial charge in [0.25, 0.3) is 15.9 Å². The third kappa shape index (κ3) is 5.41. The molecule has 1 unspecified atom stereocenters. The number of carbonyl (C=O) groups excluding carboxylic acids is 1. The van der Waals surface area contributed by atoms with E-state index in [2.05, 4.69) is 10.0 Å². The van der Waals surface area contributed by atoms with Gasteiger partial charge in [-0.1, -0.05) is 29.8 Å². The van der Waals surface area contributed by atoms with Crippen LogP contribution in [0.4, 0.5) is 5.69 Å². The van der Waals surface area contributed by atoms with Crippen molar-refractivity contribution in [3.8, 4) is 5.75 Å². The van der Waals surface area contributed by atoms with E-state index in [1.807, 2.05) is 51.1 Å². The van der Waals surface area contributed by atoms with E-state index in [1.165, 1.54) is 18.2 Å². The van der Waals surface area contributed by atoms with Gasteiger partial charge in [-0.25, -0.2) is 8.42 Å². The monoisotopic (exact) mass is 472 g/mol. The van der Waals surface area contributed by atoms with E-state index in [4.69, 9.17) is 16.3 Å². The number of ether oxygens (including phenoxy) is 1. The number of benzene rings is 3. The van der Waals surface area contributed by atoms with Crippen LogP contribution < -0.4 is 14.8 Å². The summed E-state index contributed by atoms with van der Waals surface area (Å²) in [6, 6.07) is 16.5. The van der Waals surface area contributed by atoms with Crippen LogP contribution in [0, 0.1) is 13.8 Å². The van der Waals surface area contributed by atoms with Crippen molar-refractivity contribution in [3.63, 3.8) is 0 Å². The number of carbonyl (C=O) groups is 1. The summed E-state index contributed by atoms with van der Waals surface area (Å²) in [6.45, 7) is 5.68. The van der Waals surface area contributed by atoms with E-state index in [-0.39, 0.29) is 21.5 Å². The largest absolute Gasteiger partial charge is 0.497 e. The number of anilines is 1. The Morgan fingerprint density at radius 3 is 2.28 bits per heavy atom. The van der Waals surface area contributed by atoms with Crippen LogP contribution in [0.3, 0.4) is 0 Å². The lowest BCUT2D eigenvalue weighted by Crippen LogP contribution is -2.27. The SMILES string of the molecule is COc1ccc(C(C)NC(=O)c2ccc(Cl)c(S(=O)(=O)Nc3ccc(C)c(C)c3)c2)cc1. The molecule has 0 radical (unpaired) electrons. The summed E-state index contributed by atoms with van der Waals surface area (Å²) in [7, 11) is -2.41. The standard InChI is InChI=1S/C24H25ClN2O4S/c1-15-5-9-20(13-16(15)2)27-32(29,30)23-14-19(8-12-22(23)25)24(28)26-17(3)18-6-10-21(31-4)11-7-18/h5-14,17,27H,1-4H3,(H,26,28). The lowest BCUT2D eigenvalue weighted by atomic mass is 10.1. The average Bonchev–Trinajstić information content (AvgIpc) is 2.76. The smallest absolute Gasteiger partial charge is 0.263 e. The molecule has 0 bridgehead atoms. The fourth-order valence-corrected chi connectivity index (χ4v) is 4.70. The van der Waals surface area contributed by atoms with Crippen molar-refractivity contribution in [2.45, 2.75) is 31.7 Å². The molecule has 3 aromatic carbocycles. The highest BCUT2D eigenvalue weighted by Crippen LogP contribution is 2.26. The number of amides is 1. The molecular weight excluding hydrogens is 448 g/mol. The zero-order valence-corrected chi connectivity index (χ0v) is 19.8. The fourth-order valence-electron chi connectivity index (χ4n) is 3.12. The lowest BCUT2D eigenvalue weighted by molar-refractivity contribution is 0.0939. The van der Waals surface area contributed by atoms with Crippen molar-refractivity contribution < 1.29 is 17.9 Å². The maximum Gasteiger partial charge on any atom is 0.263 e. The van der Waals surface area contributed by atoms with Crippen LogP contribution >= 0.6 is 11.6 Å². The van der Waals surface area contributed by atoms with E-state index in [0.717, 1.165) is 22.4 Å². The van der Waals surface area contributed by atoms with Gasteiger partial charge in [-0.15, -0.1) is 0 Å². The molecule has 168 valence electrons. The fraction of sp³-hybridized carbons (Fsp3) is 0.208. The van der Waals surface area contributed by atoms with Gasteiger partial charge < -0.3 is 10.1 Å². The van der Waals surface area contributed by atoms with Gasteiger partial charge in [0.05, 0.1) is 18.2 Å². The predicted octanol–water partition coefficient (Wildman–Crippen LogP) is 5.26. The summed E-state index contributed by atoms with van der Waals surface area (Å²) in [5.74, 6) is 0.309. The second-order valence-corrected chi connectivity index (χ2v) is 9.58. The molecule has 0 heterocycles. The van der Waals surface area contributed by atoms with Crippen LogP contribution in [0.2, 0.25) is 5.02 Å². The highest BCUT2D eigenvalue weighted by atomic mass is 35.5. The van der Waals surface area contributed by atoms with Crippen LogP contribution in [-0.4, -0.2) is 21.4 Å². The first-order valence-corrected chi connectivity index (χ1v) is 11.8. The van der Waals surface area contributed by atoms with E-state index in [1.54, 1.807) is 19.2 Å². The summed E-state index contributed by atoms with van der Waals surface area (Å²) in [4.78, 5) is 12.6. The first-order chi connectivity index (χ1) is 15.1. The van der Waals surface area contributed by atoms with Gasteiger partial charge in [0.1, 0.15) is 10.6 Å². The minimum Gasteiger partial charge on any atom is -0.497 e. The normalized spacial score (nSPS) is 12.2. The van der Waals surface area contributed by atoms with Crippen molar-refractivity contribution in [2.75, 3.05) is 11.8 Å². The molecule has 6 nitrogen and oxygen atoms in total. The third-order valence-corrected chi connectivity index (χ3v) is 7.07. The molecule has 0 aromatic heterocycles. The number of hydrogen-bond donors (Lipinski definition) is 2. The van der Waals surface area contributed by atoms with Gasteiger partial charge in [0.2, 0.25) is 0 Å². The Morgan fingerprint density at radius 1 is 0.969 bits per heavy atom. The van der Waals surface area contributed by atoms with Crippen molar-refractivity contribution >= 4 is 33.2 Å². The number of sulfonamides is 1. The molecule has 1 atom stereocenters. The number of rotatable bonds is 7. The number of hydrogen-bond acceptors (Lipinski definition) is 4. The summed E-state index contributed by atoms with van der Waals surface area (Å²) in [6.07, 6.45) is 0. The van der Waals surface area contributed by atoms with Crippen molar-refractivity contribution in [2.24, 2.45) is 0 Å². The predicted molar refractivity (Wildman–Crippen MR) is 127 cm³/mol. The zero-order chi connectivity index (χ0) is 23.5. The Hall–Kier alpha value is -3.03. The average molecular weight is 473 g/mol. The first kappa shape index (κ1) is 23.6. The molecular formula is C24H25ClN2O4S. The van der Waals surface area contributed by atoms with Gasteiger partial charge in [0.15, 0.2) is 0 Å². The van der Waals surface area contributed by atoms with Crippen molar-refractivity contribution in [1.29, 1.82) is 0 Å². The van der Waals surface area contributed by atoms with Gasteiger partial charge in [0, 0.05) is 11.3 Å². The molecule has 3 aromatic rings. The van der Waals surface area contributed by atoms with Gasteiger partial charge >= 0.3 is 0 Å². The molecule has 0 spiro atoms. The van der Waals surface area contributed by atoms with Crippen LogP contribution in [0.5, 0.6) is 5.75 Å². The van der Waals surface area contributed by atoms with E-state index < -0.39 is 15.9 Å². The number of nitrogens with one attached hydrogen (secondary N) is 2.